The molecule has 0 radical (unpaired) electrons. The van der Waals surface area contributed by atoms with E-state index in [4.69, 9.17) is 4.74 Å². The summed E-state index contributed by atoms with van der Waals surface area (Å²) in [6.45, 7) is 4.66. The van der Waals surface area contributed by atoms with E-state index < -0.39 is 17.7 Å². The average molecular weight is 409 g/mol. The maximum atomic E-state index is 12.8. The van der Waals surface area contributed by atoms with Gasteiger partial charge in [0.15, 0.2) is 0 Å². The van der Waals surface area contributed by atoms with Gasteiger partial charge in [0.2, 0.25) is 5.82 Å². The van der Waals surface area contributed by atoms with Crippen LogP contribution in [0.1, 0.15) is 62.1 Å². The Labute approximate surface area is 168 Å². The van der Waals surface area contributed by atoms with Crippen molar-refractivity contribution in [2.45, 2.75) is 52.1 Å². The summed E-state index contributed by atoms with van der Waals surface area (Å²) in [5, 5.41) is 3.19. The minimum absolute atomic E-state index is 0.0870. The number of esters is 1. The fourth-order valence-electron chi connectivity index (χ4n) is 2.80. The lowest BCUT2D eigenvalue weighted by atomic mass is 10.1. The summed E-state index contributed by atoms with van der Waals surface area (Å²) in [6.07, 6.45) is 2.49. The zero-order valence-electron chi connectivity index (χ0n) is 16.7. The number of carbonyl (C=O) groups excluding carboxylic acids is 1. The van der Waals surface area contributed by atoms with Gasteiger partial charge in [0.25, 0.3) is 0 Å². The molecule has 0 bridgehead atoms. The number of rotatable bonds is 10. The predicted molar refractivity (Wildman–Crippen MR) is 106 cm³/mol. The molecule has 29 heavy (non-hydrogen) atoms. The summed E-state index contributed by atoms with van der Waals surface area (Å²) in [6, 6.07) is 4.78. The molecule has 0 aliphatic carbocycles. The van der Waals surface area contributed by atoms with E-state index in [-0.39, 0.29) is 12.4 Å². The lowest BCUT2D eigenvalue weighted by molar-refractivity contribution is -0.137. The highest BCUT2D eigenvalue weighted by Crippen LogP contribution is 2.32. The molecular formula is C21H26F3N3O2. The third-order valence-electron chi connectivity index (χ3n) is 4.34. The highest BCUT2D eigenvalue weighted by molar-refractivity contribution is 5.87. The van der Waals surface area contributed by atoms with Gasteiger partial charge in [-0.3, -0.25) is 0 Å². The molecule has 1 aromatic carbocycles. The largest absolute Gasteiger partial charge is 0.460 e. The second-order valence-electron chi connectivity index (χ2n) is 6.59. The van der Waals surface area contributed by atoms with Gasteiger partial charge < -0.3 is 10.1 Å². The number of nitrogens with one attached hydrogen (secondary N) is 1. The molecule has 1 aromatic heterocycles. The summed E-state index contributed by atoms with van der Waals surface area (Å²) in [5.74, 6) is -0.327. The van der Waals surface area contributed by atoms with Crippen LogP contribution in [-0.4, -0.2) is 29.1 Å². The van der Waals surface area contributed by atoms with Crippen LogP contribution in [0.2, 0.25) is 0 Å². The van der Waals surface area contributed by atoms with Gasteiger partial charge >= 0.3 is 12.1 Å². The van der Waals surface area contributed by atoms with Crippen molar-refractivity contribution >= 4 is 11.8 Å². The van der Waals surface area contributed by atoms with Gasteiger partial charge in [0.1, 0.15) is 5.82 Å². The van der Waals surface area contributed by atoms with Crippen molar-refractivity contribution in [1.82, 2.24) is 9.97 Å². The third-order valence-corrected chi connectivity index (χ3v) is 4.34. The minimum atomic E-state index is -4.40. The molecule has 0 saturated heterocycles. The molecule has 8 heteroatoms. The molecule has 5 nitrogen and oxygen atoms in total. The standard InChI is InChI=1S/C21H26F3N3O2/c1-3-5-6-7-8-13-25-18-17(14-26-19(27-18)20(28)29-4-2)15-9-11-16(12-10-15)21(22,23)24/h9-12,14H,3-8,13H2,1-2H3,(H,25,26,27). The molecule has 158 valence electrons. The highest BCUT2D eigenvalue weighted by atomic mass is 19.4. The van der Waals surface area contributed by atoms with E-state index in [0.29, 0.717) is 23.5 Å². The monoisotopic (exact) mass is 409 g/mol. The number of halogens is 3. The molecule has 2 rings (SSSR count). The maximum Gasteiger partial charge on any atom is 0.416 e. The van der Waals surface area contributed by atoms with Gasteiger partial charge in [0.05, 0.1) is 12.2 Å². The first-order valence-electron chi connectivity index (χ1n) is 9.82. The fraction of sp³-hybridized carbons (Fsp3) is 0.476. The van der Waals surface area contributed by atoms with Gasteiger partial charge in [-0.1, -0.05) is 44.7 Å². The van der Waals surface area contributed by atoms with E-state index >= 15 is 0 Å². The van der Waals surface area contributed by atoms with Crippen LogP contribution in [-0.2, 0) is 10.9 Å². The smallest absolute Gasteiger partial charge is 0.416 e. The Bertz CT molecular complexity index is 793. The SMILES string of the molecule is CCCCCCCNc1nc(C(=O)OCC)ncc1-c1ccc(C(F)(F)F)cc1. The Kier molecular flexibility index (Phi) is 8.42. The maximum absolute atomic E-state index is 12.8. The molecule has 0 aliphatic rings. The van der Waals surface area contributed by atoms with Crippen LogP contribution >= 0.6 is 0 Å². The van der Waals surface area contributed by atoms with Crippen molar-refractivity contribution in [3.05, 3.63) is 41.9 Å². The summed E-state index contributed by atoms with van der Waals surface area (Å²) in [5.41, 5.74) is 0.331. The number of unbranched alkanes of at least 4 members (excludes halogenated alkanes) is 4. The second kappa shape index (κ2) is 10.8. The van der Waals surface area contributed by atoms with Crippen molar-refractivity contribution in [3.63, 3.8) is 0 Å². The quantitative estimate of drug-likeness (QED) is 0.402. The first-order valence-corrected chi connectivity index (χ1v) is 9.82. The molecule has 2 aromatic rings. The Morgan fingerprint density at radius 3 is 2.38 bits per heavy atom. The molecule has 0 spiro atoms. The number of hydrogen-bond acceptors (Lipinski definition) is 5. The topological polar surface area (TPSA) is 64.1 Å². The molecular weight excluding hydrogens is 383 g/mol. The van der Waals surface area contributed by atoms with Crippen LogP contribution in [0.25, 0.3) is 11.1 Å². The number of benzene rings is 1. The number of aromatic nitrogens is 2. The van der Waals surface area contributed by atoms with E-state index in [1.807, 2.05) is 0 Å². The Balaban J connectivity index is 2.23. The van der Waals surface area contributed by atoms with Crippen molar-refractivity contribution in [2.24, 2.45) is 0 Å². The van der Waals surface area contributed by atoms with Crippen molar-refractivity contribution in [1.29, 1.82) is 0 Å². The minimum Gasteiger partial charge on any atom is -0.460 e. The van der Waals surface area contributed by atoms with Crippen molar-refractivity contribution in [2.75, 3.05) is 18.5 Å². The number of hydrogen-bond donors (Lipinski definition) is 1. The second-order valence-corrected chi connectivity index (χ2v) is 6.59. The van der Waals surface area contributed by atoms with E-state index in [1.54, 1.807) is 6.92 Å². The van der Waals surface area contributed by atoms with E-state index in [1.165, 1.54) is 24.8 Å². The zero-order chi connectivity index (χ0) is 21.3. The first kappa shape index (κ1) is 22.6. The first-order chi connectivity index (χ1) is 13.9. The molecule has 1 N–H and O–H groups in total. The van der Waals surface area contributed by atoms with Gasteiger partial charge in [-0.05, 0) is 31.0 Å². The molecule has 0 saturated carbocycles. The van der Waals surface area contributed by atoms with Crippen LogP contribution in [0.4, 0.5) is 19.0 Å². The number of carbonyl (C=O) groups is 1. The molecule has 0 aliphatic heterocycles. The highest BCUT2D eigenvalue weighted by Gasteiger charge is 2.30. The summed E-state index contributed by atoms with van der Waals surface area (Å²) in [7, 11) is 0. The zero-order valence-corrected chi connectivity index (χ0v) is 16.7. The van der Waals surface area contributed by atoms with Crippen molar-refractivity contribution in [3.8, 4) is 11.1 Å². The fourth-order valence-corrected chi connectivity index (χ4v) is 2.80. The number of ether oxygens (including phenoxy) is 1. The van der Waals surface area contributed by atoms with Crippen LogP contribution in [0.15, 0.2) is 30.5 Å². The van der Waals surface area contributed by atoms with Crippen LogP contribution in [0, 0.1) is 0 Å². The van der Waals surface area contributed by atoms with Gasteiger partial charge in [-0.2, -0.15) is 13.2 Å². The summed E-state index contributed by atoms with van der Waals surface area (Å²) in [4.78, 5) is 20.2. The molecule has 0 amide bonds. The predicted octanol–water partition coefficient (Wildman–Crippen LogP) is 5.72. The lowest BCUT2D eigenvalue weighted by Gasteiger charge is -2.13. The Morgan fingerprint density at radius 2 is 1.76 bits per heavy atom. The van der Waals surface area contributed by atoms with Gasteiger partial charge in [-0.25, -0.2) is 14.8 Å². The van der Waals surface area contributed by atoms with Crippen LogP contribution < -0.4 is 5.32 Å². The Hall–Kier alpha value is -2.64. The van der Waals surface area contributed by atoms with E-state index in [9.17, 15) is 18.0 Å². The van der Waals surface area contributed by atoms with Crippen LogP contribution in [0.5, 0.6) is 0 Å². The van der Waals surface area contributed by atoms with E-state index in [0.717, 1.165) is 37.8 Å². The van der Waals surface area contributed by atoms with Gasteiger partial charge in [-0.15, -0.1) is 0 Å². The van der Waals surface area contributed by atoms with E-state index in [2.05, 4.69) is 22.2 Å². The molecule has 0 unspecified atom stereocenters. The normalized spacial score (nSPS) is 11.3. The summed E-state index contributed by atoms with van der Waals surface area (Å²) >= 11 is 0. The van der Waals surface area contributed by atoms with Crippen LogP contribution in [0.3, 0.4) is 0 Å². The number of alkyl halides is 3. The van der Waals surface area contributed by atoms with Gasteiger partial charge in [0, 0.05) is 18.3 Å². The average Bonchev–Trinajstić information content (AvgIpc) is 2.70. The lowest BCUT2D eigenvalue weighted by Crippen LogP contribution is -2.13. The number of anilines is 1. The molecule has 0 fully saturated rings. The van der Waals surface area contributed by atoms with Crippen molar-refractivity contribution < 1.29 is 22.7 Å². The summed E-state index contributed by atoms with van der Waals surface area (Å²) < 4.78 is 43.4. The molecule has 0 atom stereocenters. The molecule has 1 heterocycles. The third kappa shape index (κ3) is 6.73. The number of nitrogens with zero attached hydrogens (tertiary/aromatic N) is 2. The Morgan fingerprint density at radius 1 is 1.07 bits per heavy atom.